The van der Waals surface area contributed by atoms with Gasteiger partial charge in [-0.1, -0.05) is 0 Å². The Morgan fingerprint density at radius 1 is 1.79 bits per heavy atom. The van der Waals surface area contributed by atoms with Gasteiger partial charge >= 0.3 is 5.00 Å². The highest BCUT2D eigenvalue weighted by atomic mass is 32.1. The van der Waals surface area contributed by atoms with E-state index in [0.29, 0.717) is 11.7 Å². The topological polar surface area (TPSA) is 76.3 Å². The van der Waals surface area contributed by atoms with E-state index in [9.17, 15) is 14.9 Å². The summed E-state index contributed by atoms with van der Waals surface area (Å²) < 4.78 is 0. The van der Waals surface area contributed by atoms with Crippen LogP contribution in [-0.4, -0.2) is 22.4 Å². The average Bonchev–Trinajstić information content (AvgIpc) is 2.53. The molecule has 0 unspecified atom stereocenters. The molecule has 0 radical (unpaired) electrons. The normalized spacial score (nSPS) is 9.86. The standard InChI is InChI=1S/C7H9N3O3S/c1-3-9(5(2)11)7-8-4-6(14-7)10(12)13/h4H,3H2,1-2H3. The van der Waals surface area contributed by atoms with Gasteiger partial charge < -0.3 is 0 Å². The molecule has 76 valence electrons. The van der Waals surface area contributed by atoms with Crippen LogP contribution in [0.5, 0.6) is 0 Å². The van der Waals surface area contributed by atoms with Crippen molar-refractivity contribution in [2.75, 3.05) is 11.4 Å². The van der Waals surface area contributed by atoms with Gasteiger partial charge in [-0.05, 0) is 18.3 Å². The van der Waals surface area contributed by atoms with Crippen LogP contribution in [0.25, 0.3) is 0 Å². The van der Waals surface area contributed by atoms with E-state index >= 15 is 0 Å². The summed E-state index contributed by atoms with van der Waals surface area (Å²) in [5, 5.41) is 10.7. The molecule has 0 saturated heterocycles. The first kappa shape index (κ1) is 10.6. The summed E-state index contributed by atoms with van der Waals surface area (Å²) in [6.07, 6.45) is 1.16. The van der Waals surface area contributed by atoms with Gasteiger partial charge in [0.25, 0.3) is 0 Å². The summed E-state index contributed by atoms with van der Waals surface area (Å²) in [6.45, 7) is 3.64. The maximum Gasteiger partial charge on any atom is 0.345 e. The van der Waals surface area contributed by atoms with E-state index in [1.54, 1.807) is 6.92 Å². The van der Waals surface area contributed by atoms with Gasteiger partial charge in [0.2, 0.25) is 5.91 Å². The first-order chi connectivity index (χ1) is 6.56. The molecule has 0 aromatic carbocycles. The Balaban J connectivity index is 2.95. The first-order valence-corrected chi connectivity index (χ1v) is 4.76. The van der Waals surface area contributed by atoms with Gasteiger partial charge in [-0.15, -0.1) is 0 Å². The predicted octanol–water partition coefficient (Wildman–Crippen LogP) is 1.42. The predicted molar refractivity (Wildman–Crippen MR) is 52.5 cm³/mol. The monoisotopic (exact) mass is 215 g/mol. The summed E-state index contributed by atoms with van der Waals surface area (Å²) in [7, 11) is 0. The smallest absolute Gasteiger partial charge is 0.288 e. The quantitative estimate of drug-likeness (QED) is 0.564. The maximum atomic E-state index is 11.1. The van der Waals surface area contributed by atoms with E-state index in [-0.39, 0.29) is 10.9 Å². The number of hydrogen-bond donors (Lipinski definition) is 0. The molecule has 1 aromatic heterocycles. The lowest BCUT2D eigenvalue weighted by atomic mass is 10.5. The molecule has 0 atom stereocenters. The molecule has 0 N–H and O–H groups in total. The third-order valence-corrected chi connectivity index (χ3v) is 2.56. The minimum absolute atomic E-state index is 0.0558. The van der Waals surface area contributed by atoms with Gasteiger partial charge in [0.05, 0.1) is 4.92 Å². The van der Waals surface area contributed by atoms with Crippen LogP contribution < -0.4 is 4.90 Å². The summed E-state index contributed by atoms with van der Waals surface area (Å²) in [6, 6.07) is 0. The van der Waals surface area contributed by atoms with Crippen LogP contribution >= 0.6 is 11.3 Å². The number of nitro groups is 1. The third-order valence-electron chi connectivity index (χ3n) is 1.59. The molecule has 0 fully saturated rings. The van der Waals surface area contributed by atoms with Gasteiger partial charge in [0.1, 0.15) is 6.20 Å². The molecule has 14 heavy (non-hydrogen) atoms. The van der Waals surface area contributed by atoms with E-state index in [1.165, 1.54) is 11.8 Å². The van der Waals surface area contributed by atoms with E-state index < -0.39 is 4.92 Å². The number of nitrogens with zero attached hydrogens (tertiary/aromatic N) is 3. The number of carbonyl (C=O) groups is 1. The van der Waals surface area contributed by atoms with Gasteiger partial charge in [0.15, 0.2) is 5.13 Å². The molecule has 1 heterocycles. The minimum Gasteiger partial charge on any atom is -0.288 e. The molecule has 0 saturated carbocycles. The van der Waals surface area contributed by atoms with Crippen molar-refractivity contribution >= 4 is 27.4 Å². The van der Waals surface area contributed by atoms with E-state index in [0.717, 1.165) is 17.5 Å². The summed E-state index contributed by atoms with van der Waals surface area (Å²) in [5.41, 5.74) is 0. The van der Waals surface area contributed by atoms with E-state index in [4.69, 9.17) is 0 Å². The second kappa shape index (κ2) is 4.14. The Bertz CT molecular complexity index is 363. The Morgan fingerprint density at radius 3 is 2.79 bits per heavy atom. The molecule has 7 heteroatoms. The van der Waals surface area contributed by atoms with E-state index in [1.807, 2.05) is 0 Å². The second-order valence-electron chi connectivity index (χ2n) is 2.50. The first-order valence-electron chi connectivity index (χ1n) is 3.94. The Labute approximate surface area is 84.3 Å². The Morgan fingerprint density at radius 2 is 2.43 bits per heavy atom. The molecule has 6 nitrogen and oxygen atoms in total. The fraction of sp³-hybridized carbons (Fsp3) is 0.429. The molecular weight excluding hydrogens is 206 g/mol. The van der Waals surface area contributed by atoms with Crippen molar-refractivity contribution in [2.45, 2.75) is 13.8 Å². The summed E-state index contributed by atoms with van der Waals surface area (Å²) in [5.74, 6) is -0.170. The van der Waals surface area contributed by atoms with Gasteiger partial charge in [-0.3, -0.25) is 19.8 Å². The lowest BCUT2D eigenvalue weighted by Gasteiger charge is -2.13. The van der Waals surface area contributed by atoms with Crippen molar-refractivity contribution in [3.63, 3.8) is 0 Å². The molecule has 0 aliphatic heterocycles. The molecular formula is C7H9N3O3S. The Kier molecular flexibility index (Phi) is 3.13. The average molecular weight is 215 g/mol. The number of anilines is 1. The second-order valence-corrected chi connectivity index (χ2v) is 3.49. The molecule has 1 rings (SSSR count). The van der Waals surface area contributed by atoms with Crippen LogP contribution in [0.15, 0.2) is 6.20 Å². The van der Waals surface area contributed by atoms with Crippen LogP contribution in [0.1, 0.15) is 13.8 Å². The zero-order valence-electron chi connectivity index (χ0n) is 7.76. The molecule has 0 bridgehead atoms. The highest BCUT2D eigenvalue weighted by Gasteiger charge is 2.17. The summed E-state index contributed by atoms with van der Waals surface area (Å²) >= 11 is 0.897. The van der Waals surface area contributed by atoms with Crippen molar-refractivity contribution in [3.05, 3.63) is 16.3 Å². The lowest BCUT2D eigenvalue weighted by Crippen LogP contribution is -2.27. The fourth-order valence-corrected chi connectivity index (χ4v) is 1.80. The zero-order valence-corrected chi connectivity index (χ0v) is 8.58. The molecule has 1 aromatic rings. The largest absolute Gasteiger partial charge is 0.345 e. The van der Waals surface area contributed by atoms with Crippen molar-refractivity contribution in [1.29, 1.82) is 0 Å². The maximum absolute atomic E-state index is 11.1. The van der Waals surface area contributed by atoms with E-state index in [2.05, 4.69) is 4.98 Å². The van der Waals surface area contributed by atoms with Gasteiger partial charge in [-0.25, -0.2) is 4.98 Å². The van der Waals surface area contributed by atoms with Crippen LogP contribution in [0, 0.1) is 10.1 Å². The highest BCUT2D eigenvalue weighted by Crippen LogP contribution is 2.27. The molecule has 0 aliphatic rings. The summed E-state index contributed by atoms with van der Waals surface area (Å²) in [4.78, 5) is 26.1. The van der Waals surface area contributed by atoms with Crippen LogP contribution in [0.4, 0.5) is 10.1 Å². The molecule has 1 amide bonds. The van der Waals surface area contributed by atoms with Crippen molar-refractivity contribution in [2.24, 2.45) is 0 Å². The molecule has 0 aliphatic carbocycles. The number of aromatic nitrogens is 1. The fourth-order valence-electron chi connectivity index (χ4n) is 0.958. The number of thiazole rings is 1. The van der Waals surface area contributed by atoms with Crippen molar-refractivity contribution in [1.82, 2.24) is 4.98 Å². The SMILES string of the molecule is CCN(C(C)=O)c1ncc([N+](=O)[O-])s1. The minimum atomic E-state index is -0.519. The zero-order chi connectivity index (χ0) is 10.7. The number of rotatable bonds is 3. The number of carbonyl (C=O) groups excluding carboxylic acids is 1. The van der Waals surface area contributed by atoms with Crippen LogP contribution in [0.3, 0.4) is 0 Å². The third kappa shape index (κ3) is 2.05. The van der Waals surface area contributed by atoms with Crippen LogP contribution in [-0.2, 0) is 4.79 Å². The Hall–Kier alpha value is -1.50. The van der Waals surface area contributed by atoms with Crippen molar-refractivity contribution in [3.8, 4) is 0 Å². The molecule has 0 spiro atoms. The number of hydrogen-bond acceptors (Lipinski definition) is 5. The number of amides is 1. The highest BCUT2D eigenvalue weighted by molar-refractivity contribution is 7.18. The van der Waals surface area contributed by atoms with Gasteiger partial charge in [-0.2, -0.15) is 0 Å². The lowest BCUT2D eigenvalue weighted by molar-refractivity contribution is -0.380. The van der Waals surface area contributed by atoms with Crippen molar-refractivity contribution < 1.29 is 9.72 Å². The van der Waals surface area contributed by atoms with Crippen LogP contribution in [0.2, 0.25) is 0 Å². The van der Waals surface area contributed by atoms with Gasteiger partial charge in [0, 0.05) is 13.5 Å².